The van der Waals surface area contributed by atoms with Crippen molar-refractivity contribution in [3.05, 3.63) is 34.5 Å². The van der Waals surface area contributed by atoms with Crippen LogP contribution in [0.4, 0.5) is 10.1 Å². The van der Waals surface area contributed by atoms with Crippen LogP contribution in [0, 0.1) is 22.1 Å². The number of rotatable bonds is 2. The Morgan fingerprint density at radius 3 is 2.67 bits per heavy atom. The zero-order valence-electron chi connectivity index (χ0n) is 8.03. The molecule has 0 saturated heterocycles. The molecule has 0 heterocycles. The van der Waals surface area contributed by atoms with Crippen LogP contribution < -0.4 is 0 Å². The summed E-state index contributed by atoms with van der Waals surface area (Å²) in [5, 5.41) is 11.7. The fourth-order valence-corrected chi connectivity index (χ4v) is 1.88. The van der Waals surface area contributed by atoms with Crippen molar-refractivity contribution in [3.8, 4) is 6.07 Å². The van der Waals surface area contributed by atoms with E-state index >= 15 is 0 Å². The van der Waals surface area contributed by atoms with Gasteiger partial charge in [-0.2, -0.15) is 5.26 Å². The first-order valence-electron chi connectivity index (χ1n) is 4.76. The van der Waals surface area contributed by atoms with Gasteiger partial charge in [-0.05, 0) is 42.1 Å². The standard InChI is InChI=1S/C11H9FN2O/c12-9-3-2-8(6-10(9)14-15)11(7-13)4-1-5-11/h2-3,6H,1,4-5H2. The van der Waals surface area contributed by atoms with Gasteiger partial charge in [0, 0.05) is 0 Å². The van der Waals surface area contributed by atoms with Crippen molar-refractivity contribution >= 4 is 5.69 Å². The van der Waals surface area contributed by atoms with Crippen LogP contribution in [-0.4, -0.2) is 0 Å². The van der Waals surface area contributed by atoms with E-state index in [1.165, 1.54) is 12.1 Å². The van der Waals surface area contributed by atoms with Gasteiger partial charge in [0.1, 0.15) is 5.69 Å². The Morgan fingerprint density at radius 1 is 1.47 bits per heavy atom. The van der Waals surface area contributed by atoms with Crippen molar-refractivity contribution in [1.29, 1.82) is 5.26 Å². The second-order valence-electron chi connectivity index (χ2n) is 3.80. The van der Waals surface area contributed by atoms with Gasteiger partial charge >= 0.3 is 0 Å². The highest BCUT2D eigenvalue weighted by atomic mass is 19.1. The molecule has 0 unspecified atom stereocenters. The topological polar surface area (TPSA) is 53.2 Å². The van der Waals surface area contributed by atoms with Crippen molar-refractivity contribution in [2.24, 2.45) is 5.18 Å². The minimum atomic E-state index is -0.638. The molecular weight excluding hydrogens is 195 g/mol. The van der Waals surface area contributed by atoms with Crippen molar-refractivity contribution in [3.63, 3.8) is 0 Å². The minimum absolute atomic E-state index is 0.214. The van der Waals surface area contributed by atoms with Gasteiger partial charge in [-0.1, -0.05) is 6.07 Å². The SMILES string of the molecule is N#CC1(c2ccc(F)c(N=O)c2)CCC1. The lowest BCUT2D eigenvalue weighted by molar-refractivity contribution is 0.324. The molecule has 0 N–H and O–H groups in total. The van der Waals surface area contributed by atoms with Gasteiger partial charge in [-0.15, -0.1) is 4.91 Å². The Bertz CT molecular complexity index is 446. The molecule has 0 aromatic heterocycles. The van der Waals surface area contributed by atoms with Crippen LogP contribution >= 0.6 is 0 Å². The van der Waals surface area contributed by atoms with Gasteiger partial charge in [0.15, 0.2) is 5.82 Å². The molecule has 1 aromatic rings. The fraction of sp³-hybridized carbons (Fsp3) is 0.364. The maximum atomic E-state index is 13.0. The van der Waals surface area contributed by atoms with Crippen LogP contribution in [-0.2, 0) is 5.41 Å². The highest BCUT2D eigenvalue weighted by Gasteiger charge is 2.39. The normalized spacial score (nSPS) is 17.6. The quantitative estimate of drug-likeness (QED) is 0.694. The Hall–Kier alpha value is -1.76. The number of nitriles is 1. The minimum Gasteiger partial charge on any atom is -0.204 e. The van der Waals surface area contributed by atoms with Crippen molar-refractivity contribution < 1.29 is 4.39 Å². The third kappa shape index (κ3) is 1.40. The van der Waals surface area contributed by atoms with Gasteiger partial charge in [-0.3, -0.25) is 0 Å². The maximum Gasteiger partial charge on any atom is 0.152 e. The van der Waals surface area contributed by atoms with Crippen LogP contribution in [0.15, 0.2) is 23.4 Å². The zero-order valence-corrected chi connectivity index (χ0v) is 8.03. The van der Waals surface area contributed by atoms with E-state index in [1.54, 1.807) is 6.07 Å². The first-order chi connectivity index (χ1) is 7.22. The van der Waals surface area contributed by atoms with Crippen LogP contribution in [0.25, 0.3) is 0 Å². The molecule has 1 aliphatic rings. The van der Waals surface area contributed by atoms with E-state index < -0.39 is 11.2 Å². The van der Waals surface area contributed by atoms with Crippen LogP contribution in [0.2, 0.25) is 0 Å². The molecule has 15 heavy (non-hydrogen) atoms. The van der Waals surface area contributed by atoms with E-state index in [0.29, 0.717) is 5.56 Å². The molecular formula is C11H9FN2O. The molecule has 76 valence electrons. The molecule has 1 saturated carbocycles. The predicted molar refractivity (Wildman–Crippen MR) is 53.0 cm³/mol. The summed E-state index contributed by atoms with van der Waals surface area (Å²) in [7, 11) is 0. The van der Waals surface area contributed by atoms with Crippen molar-refractivity contribution in [2.45, 2.75) is 24.7 Å². The van der Waals surface area contributed by atoms with Gasteiger partial charge in [0.05, 0.1) is 11.5 Å². The van der Waals surface area contributed by atoms with E-state index in [-0.39, 0.29) is 5.69 Å². The Balaban J connectivity index is 2.46. The summed E-state index contributed by atoms with van der Waals surface area (Å²) in [6.45, 7) is 0. The largest absolute Gasteiger partial charge is 0.204 e. The molecule has 1 aromatic carbocycles. The van der Waals surface area contributed by atoms with E-state index in [1.807, 2.05) is 0 Å². The zero-order chi connectivity index (χ0) is 10.9. The summed E-state index contributed by atoms with van der Waals surface area (Å²) in [6, 6.07) is 6.38. The van der Waals surface area contributed by atoms with Gasteiger partial charge in [0.2, 0.25) is 0 Å². The van der Waals surface area contributed by atoms with Crippen LogP contribution in [0.5, 0.6) is 0 Å². The highest BCUT2D eigenvalue weighted by molar-refractivity contribution is 5.47. The number of hydrogen-bond donors (Lipinski definition) is 0. The second kappa shape index (κ2) is 3.43. The molecule has 0 radical (unpaired) electrons. The maximum absolute atomic E-state index is 13.0. The molecule has 0 spiro atoms. The highest BCUT2D eigenvalue weighted by Crippen LogP contribution is 2.44. The monoisotopic (exact) mass is 204 g/mol. The Kier molecular flexibility index (Phi) is 2.24. The molecule has 0 atom stereocenters. The summed E-state index contributed by atoms with van der Waals surface area (Å²) in [5.41, 5.74) is -0.0334. The van der Waals surface area contributed by atoms with Crippen molar-refractivity contribution in [2.75, 3.05) is 0 Å². The molecule has 1 aliphatic carbocycles. The molecule has 0 bridgehead atoms. The molecule has 3 nitrogen and oxygen atoms in total. The summed E-state index contributed by atoms with van der Waals surface area (Å²) in [5.74, 6) is -0.638. The molecule has 0 amide bonds. The molecule has 2 rings (SSSR count). The summed E-state index contributed by atoms with van der Waals surface area (Å²) in [4.78, 5) is 10.3. The first-order valence-corrected chi connectivity index (χ1v) is 4.76. The lowest BCUT2D eigenvalue weighted by Crippen LogP contribution is -2.32. The van der Waals surface area contributed by atoms with Crippen LogP contribution in [0.1, 0.15) is 24.8 Å². The number of benzene rings is 1. The third-order valence-corrected chi connectivity index (χ3v) is 3.02. The lowest BCUT2D eigenvalue weighted by Gasteiger charge is -2.35. The summed E-state index contributed by atoms with van der Waals surface area (Å²) >= 11 is 0. The second-order valence-corrected chi connectivity index (χ2v) is 3.80. The van der Waals surface area contributed by atoms with Gasteiger partial charge in [-0.25, -0.2) is 4.39 Å². The number of hydrogen-bond acceptors (Lipinski definition) is 3. The van der Waals surface area contributed by atoms with Gasteiger partial charge in [0.25, 0.3) is 0 Å². The molecule has 0 aliphatic heterocycles. The summed E-state index contributed by atoms with van der Waals surface area (Å²) < 4.78 is 13.0. The average molecular weight is 204 g/mol. The van der Waals surface area contributed by atoms with E-state index in [9.17, 15) is 9.30 Å². The average Bonchev–Trinajstić information content (AvgIpc) is 2.19. The smallest absolute Gasteiger partial charge is 0.152 e. The van der Waals surface area contributed by atoms with Crippen LogP contribution in [0.3, 0.4) is 0 Å². The number of halogens is 1. The van der Waals surface area contributed by atoms with E-state index in [0.717, 1.165) is 19.3 Å². The van der Waals surface area contributed by atoms with E-state index in [4.69, 9.17) is 5.26 Å². The Labute approximate surface area is 86.5 Å². The molecule has 1 fully saturated rings. The fourth-order valence-electron chi connectivity index (χ4n) is 1.88. The first kappa shape index (κ1) is 9.78. The third-order valence-electron chi connectivity index (χ3n) is 3.02. The Morgan fingerprint density at radius 2 is 2.20 bits per heavy atom. The number of nitroso groups, excluding NO2 is 1. The summed E-state index contributed by atoms with van der Waals surface area (Å²) in [6.07, 6.45) is 2.54. The van der Waals surface area contributed by atoms with Gasteiger partial charge < -0.3 is 0 Å². The van der Waals surface area contributed by atoms with E-state index in [2.05, 4.69) is 11.2 Å². The lowest BCUT2D eigenvalue weighted by atomic mass is 9.65. The molecule has 4 heteroatoms. The van der Waals surface area contributed by atoms with Crippen molar-refractivity contribution in [1.82, 2.24) is 0 Å². The predicted octanol–water partition coefficient (Wildman–Crippen LogP) is 3.17. The number of nitrogens with zero attached hydrogens (tertiary/aromatic N) is 2.